The van der Waals surface area contributed by atoms with Crippen molar-refractivity contribution in [2.75, 3.05) is 22.5 Å². The molecule has 0 unspecified atom stereocenters. The number of anilines is 3. The van der Waals surface area contributed by atoms with Crippen molar-refractivity contribution < 1.29 is 23.8 Å². The fourth-order valence-corrected chi connectivity index (χ4v) is 3.04. The first-order valence-corrected chi connectivity index (χ1v) is 10.2. The van der Waals surface area contributed by atoms with E-state index in [-0.39, 0.29) is 23.5 Å². The Morgan fingerprint density at radius 3 is 2.24 bits per heavy atom. The fraction of sp³-hybridized carbons (Fsp3) is 0.217. The van der Waals surface area contributed by atoms with Gasteiger partial charge in [-0.1, -0.05) is 19.1 Å². The van der Waals surface area contributed by atoms with E-state index in [0.717, 1.165) is 18.6 Å². The highest BCUT2D eigenvalue weighted by Gasteiger charge is 2.26. The van der Waals surface area contributed by atoms with Crippen LogP contribution in [-0.2, 0) is 11.2 Å². The van der Waals surface area contributed by atoms with Crippen LogP contribution < -0.4 is 31.5 Å². The number of aliphatic carboxylic acids is 1. The highest BCUT2D eigenvalue weighted by molar-refractivity contribution is 5.86. The zero-order valence-corrected chi connectivity index (χ0v) is 17.7. The molecule has 0 aromatic heterocycles. The van der Waals surface area contributed by atoms with Gasteiger partial charge in [-0.05, 0) is 48.4 Å². The van der Waals surface area contributed by atoms with Crippen molar-refractivity contribution in [3.8, 4) is 5.75 Å². The highest BCUT2D eigenvalue weighted by atomic mass is 19.1. The van der Waals surface area contributed by atoms with Crippen LogP contribution in [-0.4, -0.2) is 29.8 Å². The van der Waals surface area contributed by atoms with Crippen molar-refractivity contribution in [2.45, 2.75) is 25.8 Å². The first-order valence-electron chi connectivity index (χ1n) is 10.2. The standard InChI is InChI=1S/C23H22FN3O6/c1-2-11-25-18-19(21(29)20(18)28)27-17(22(30)31)12-13-3-7-15(8-4-13)26-23(32)33-16-9-5-14(24)6-10-16/h3-10,17,25,27H,2,11-12H2,1H3,(H,26,32)(H,30,31)/t17-/m0/s1. The van der Waals surface area contributed by atoms with Crippen LogP contribution in [0.25, 0.3) is 0 Å². The van der Waals surface area contributed by atoms with Gasteiger partial charge in [0.25, 0.3) is 10.9 Å². The molecule has 172 valence electrons. The third-order valence-electron chi connectivity index (χ3n) is 4.74. The molecular formula is C23H22FN3O6. The molecule has 9 nitrogen and oxygen atoms in total. The van der Waals surface area contributed by atoms with Gasteiger partial charge < -0.3 is 20.5 Å². The zero-order valence-electron chi connectivity index (χ0n) is 17.7. The summed E-state index contributed by atoms with van der Waals surface area (Å²) in [7, 11) is 0. The molecule has 4 N–H and O–H groups in total. The number of hydrogen-bond acceptors (Lipinski definition) is 7. The monoisotopic (exact) mass is 455 g/mol. The van der Waals surface area contributed by atoms with Gasteiger partial charge in [-0.3, -0.25) is 14.9 Å². The normalized spacial score (nSPS) is 11.6. The van der Waals surface area contributed by atoms with Gasteiger partial charge in [0.1, 0.15) is 29.0 Å². The summed E-state index contributed by atoms with van der Waals surface area (Å²) >= 11 is 0. The van der Waals surface area contributed by atoms with E-state index in [1.165, 1.54) is 12.1 Å². The second kappa shape index (κ2) is 10.4. The molecule has 0 bridgehead atoms. The van der Waals surface area contributed by atoms with Crippen LogP contribution in [0.4, 0.5) is 26.2 Å². The van der Waals surface area contributed by atoms with Gasteiger partial charge >= 0.3 is 12.1 Å². The molecule has 3 aromatic carbocycles. The quantitative estimate of drug-likeness (QED) is 0.343. The summed E-state index contributed by atoms with van der Waals surface area (Å²) in [6, 6.07) is 10.2. The average molecular weight is 455 g/mol. The van der Waals surface area contributed by atoms with E-state index in [1.54, 1.807) is 24.3 Å². The van der Waals surface area contributed by atoms with Crippen LogP contribution in [0.15, 0.2) is 58.1 Å². The van der Waals surface area contributed by atoms with Crippen molar-refractivity contribution in [2.24, 2.45) is 0 Å². The number of amides is 1. The Kier molecular flexibility index (Phi) is 7.39. The number of nitrogens with one attached hydrogen (secondary N) is 3. The number of hydrogen-bond donors (Lipinski definition) is 4. The lowest BCUT2D eigenvalue weighted by molar-refractivity contribution is -0.137. The molecule has 0 fully saturated rings. The summed E-state index contributed by atoms with van der Waals surface area (Å²) in [6.07, 6.45) is -0.00763. The SMILES string of the molecule is CCCNc1c(N[C@@H](Cc2ccc(NC(=O)Oc3ccc(F)cc3)cc2)C(=O)O)c(=O)c1=O. The van der Waals surface area contributed by atoms with Crippen molar-refractivity contribution >= 4 is 29.1 Å². The van der Waals surface area contributed by atoms with Crippen LogP contribution in [0.1, 0.15) is 18.9 Å². The number of carbonyl (C=O) groups is 2. The van der Waals surface area contributed by atoms with E-state index in [0.29, 0.717) is 17.8 Å². The molecule has 1 atom stereocenters. The van der Waals surface area contributed by atoms with E-state index >= 15 is 0 Å². The minimum Gasteiger partial charge on any atom is -0.480 e. The summed E-state index contributed by atoms with van der Waals surface area (Å²) in [5, 5.41) is 17.5. The molecule has 0 aliphatic heterocycles. The van der Waals surface area contributed by atoms with E-state index in [4.69, 9.17) is 4.74 Å². The molecule has 10 heteroatoms. The first kappa shape index (κ1) is 23.5. The Morgan fingerprint density at radius 1 is 1.00 bits per heavy atom. The second-order valence-corrected chi connectivity index (χ2v) is 7.24. The lowest BCUT2D eigenvalue weighted by Gasteiger charge is -2.20. The van der Waals surface area contributed by atoms with Crippen molar-refractivity contribution in [3.05, 3.63) is 80.4 Å². The van der Waals surface area contributed by atoms with E-state index in [1.807, 2.05) is 6.92 Å². The van der Waals surface area contributed by atoms with E-state index < -0.39 is 34.8 Å². The van der Waals surface area contributed by atoms with Gasteiger partial charge in [-0.25, -0.2) is 14.0 Å². The third-order valence-corrected chi connectivity index (χ3v) is 4.74. The topological polar surface area (TPSA) is 134 Å². The molecule has 0 radical (unpaired) electrons. The first-order chi connectivity index (χ1) is 15.8. The number of carbonyl (C=O) groups excluding carboxylic acids is 1. The maximum absolute atomic E-state index is 12.9. The Morgan fingerprint density at radius 2 is 1.64 bits per heavy atom. The predicted octanol–water partition coefficient (Wildman–Crippen LogP) is 2.96. The van der Waals surface area contributed by atoms with E-state index in [9.17, 15) is 28.7 Å². The van der Waals surface area contributed by atoms with Crippen molar-refractivity contribution in [1.29, 1.82) is 0 Å². The lowest BCUT2D eigenvalue weighted by atomic mass is 10.0. The molecule has 3 rings (SSSR count). The molecule has 0 saturated heterocycles. The van der Waals surface area contributed by atoms with E-state index in [2.05, 4.69) is 16.0 Å². The van der Waals surface area contributed by atoms with Crippen LogP contribution in [0.2, 0.25) is 0 Å². The van der Waals surface area contributed by atoms with Crippen LogP contribution >= 0.6 is 0 Å². The number of halogens is 1. The highest BCUT2D eigenvalue weighted by Crippen LogP contribution is 2.19. The molecule has 3 aromatic rings. The number of rotatable bonds is 10. The Balaban J connectivity index is 1.61. The molecule has 0 aliphatic rings. The maximum atomic E-state index is 12.9. The van der Waals surface area contributed by atoms with Gasteiger partial charge in [0, 0.05) is 18.7 Å². The van der Waals surface area contributed by atoms with Gasteiger partial charge in [-0.2, -0.15) is 0 Å². The largest absolute Gasteiger partial charge is 0.480 e. The second-order valence-electron chi connectivity index (χ2n) is 7.24. The number of ether oxygens (including phenoxy) is 1. The van der Waals surface area contributed by atoms with Gasteiger partial charge in [0.05, 0.1) is 0 Å². The van der Waals surface area contributed by atoms with Crippen molar-refractivity contribution in [3.63, 3.8) is 0 Å². The third kappa shape index (κ3) is 5.94. The van der Waals surface area contributed by atoms with Gasteiger partial charge in [0.15, 0.2) is 0 Å². The molecule has 0 saturated carbocycles. The molecule has 0 spiro atoms. The smallest absolute Gasteiger partial charge is 0.417 e. The Hall–Kier alpha value is -4.21. The summed E-state index contributed by atoms with van der Waals surface area (Å²) in [5.74, 6) is -1.47. The van der Waals surface area contributed by atoms with Crippen LogP contribution in [0, 0.1) is 5.82 Å². The molecule has 0 heterocycles. The lowest BCUT2D eigenvalue weighted by Crippen LogP contribution is -2.42. The maximum Gasteiger partial charge on any atom is 0.417 e. The Bertz CT molecular complexity index is 1200. The molecular weight excluding hydrogens is 433 g/mol. The minimum absolute atomic E-state index is 0.0253. The van der Waals surface area contributed by atoms with Gasteiger partial charge in [-0.15, -0.1) is 0 Å². The predicted molar refractivity (Wildman–Crippen MR) is 121 cm³/mol. The van der Waals surface area contributed by atoms with Crippen molar-refractivity contribution in [1.82, 2.24) is 0 Å². The summed E-state index contributed by atoms with van der Waals surface area (Å²) in [5.41, 5.74) is -0.319. The molecule has 1 amide bonds. The number of benzene rings is 2. The average Bonchev–Trinajstić information content (AvgIpc) is 2.80. The summed E-state index contributed by atoms with van der Waals surface area (Å²) in [6.45, 7) is 2.38. The van der Waals surface area contributed by atoms with Gasteiger partial charge in [0.2, 0.25) is 0 Å². The zero-order chi connectivity index (χ0) is 24.0. The number of carboxylic acids is 1. The fourth-order valence-electron chi connectivity index (χ4n) is 3.04. The molecule has 0 aliphatic carbocycles. The minimum atomic E-state index is -1.19. The Labute approximate surface area is 187 Å². The van der Waals surface area contributed by atoms with Crippen LogP contribution in [0.5, 0.6) is 5.75 Å². The summed E-state index contributed by atoms with van der Waals surface area (Å²) in [4.78, 5) is 47.2. The number of carboxylic acid groups (broad SMARTS) is 1. The summed E-state index contributed by atoms with van der Waals surface area (Å²) < 4.78 is 18.0. The molecule has 33 heavy (non-hydrogen) atoms. The van der Waals surface area contributed by atoms with Crippen LogP contribution in [0.3, 0.4) is 0 Å².